The summed E-state index contributed by atoms with van der Waals surface area (Å²) < 4.78 is 20.5. The third-order valence-corrected chi connectivity index (χ3v) is 4.45. The number of hydrogen-bond donors (Lipinski definition) is 1. The Balaban J connectivity index is 1.65. The van der Waals surface area contributed by atoms with Crippen LogP contribution in [0.2, 0.25) is 5.02 Å². The molecule has 1 heterocycles. The average molecular weight is 352 g/mol. The predicted octanol–water partition coefficient (Wildman–Crippen LogP) is 4.20. The zero-order valence-corrected chi connectivity index (χ0v) is 14.1. The molecule has 0 saturated heterocycles. The number of carbonyl (C=O) groups is 1. The molecule has 0 bridgehead atoms. The highest BCUT2D eigenvalue weighted by atomic mass is 35.5. The Kier molecular flexibility index (Phi) is 5.04. The lowest BCUT2D eigenvalue weighted by molar-refractivity contribution is -0.122. The minimum Gasteiger partial charge on any atom is -0.479 e. The van der Waals surface area contributed by atoms with Gasteiger partial charge in [0.05, 0.1) is 17.3 Å². The van der Waals surface area contributed by atoms with Crippen molar-refractivity contribution in [2.45, 2.75) is 44.8 Å². The van der Waals surface area contributed by atoms with E-state index in [0.29, 0.717) is 11.9 Å². The van der Waals surface area contributed by atoms with Crippen molar-refractivity contribution in [2.24, 2.45) is 0 Å². The molecule has 1 aliphatic rings. The van der Waals surface area contributed by atoms with Crippen molar-refractivity contribution in [3.05, 3.63) is 41.3 Å². The number of nitrogens with one attached hydrogen (secondary N) is 1. The molecule has 0 aliphatic heterocycles. The normalized spacial score (nSPS) is 16.1. The Morgan fingerprint density at radius 2 is 2.17 bits per heavy atom. The highest BCUT2D eigenvalue weighted by molar-refractivity contribution is 6.32. The van der Waals surface area contributed by atoms with Crippen molar-refractivity contribution in [1.82, 2.24) is 9.78 Å². The molecule has 0 radical (unpaired) electrons. The minimum absolute atomic E-state index is 0.130. The zero-order chi connectivity index (χ0) is 17.1. The summed E-state index contributed by atoms with van der Waals surface area (Å²) in [6.07, 6.45) is 5.40. The van der Waals surface area contributed by atoms with Crippen molar-refractivity contribution >= 4 is 23.3 Å². The molecule has 1 amide bonds. The summed E-state index contributed by atoms with van der Waals surface area (Å²) in [6.45, 7) is 1.62. The maximum Gasteiger partial charge on any atom is 0.266 e. The molecule has 1 aromatic heterocycles. The van der Waals surface area contributed by atoms with E-state index in [-0.39, 0.29) is 16.7 Å². The van der Waals surface area contributed by atoms with Gasteiger partial charge in [0.2, 0.25) is 0 Å². The number of anilines is 1. The number of nitrogens with zero attached hydrogens (tertiary/aromatic N) is 2. The van der Waals surface area contributed by atoms with Crippen molar-refractivity contribution in [3.63, 3.8) is 0 Å². The Labute approximate surface area is 144 Å². The van der Waals surface area contributed by atoms with Gasteiger partial charge in [0, 0.05) is 6.07 Å². The monoisotopic (exact) mass is 351 g/mol. The maximum atomic E-state index is 13.1. The molecule has 24 heavy (non-hydrogen) atoms. The first-order valence-electron chi connectivity index (χ1n) is 8.00. The van der Waals surface area contributed by atoms with Crippen molar-refractivity contribution in [3.8, 4) is 5.75 Å². The Hall–Kier alpha value is -2.08. The molecule has 1 aliphatic carbocycles. The summed E-state index contributed by atoms with van der Waals surface area (Å²) >= 11 is 5.92. The number of rotatable bonds is 5. The molecule has 2 aromatic rings. The molecule has 3 rings (SSSR count). The first kappa shape index (κ1) is 16.8. The largest absolute Gasteiger partial charge is 0.479 e. The lowest BCUT2D eigenvalue weighted by Gasteiger charge is -2.18. The van der Waals surface area contributed by atoms with Gasteiger partial charge in [0.25, 0.3) is 5.91 Å². The van der Waals surface area contributed by atoms with E-state index in [2.05, 4.69) is 10.4 Å². The lowest BCUT2D eigenvalue weighted by Crippen LogP contribution is -2.31. The first-order chi connectivity index (χ1) is 11.5. The molecule has 128 valence electrons. The van der Waals surface area contributed by atoms with Gasteiger partial charge in [0.1, 0.15) is 17.4 Å². The van der Waals surface area contributed by atoms with E-state index in [4.69, 9.17) is 16.3 Å². The van der Waals surface area contributed by atoms with E-state index >= 15 is 0 Å². The van der Waals surface area contributed by atoms with Gasteiger partial charge in [-0.2, -0.15) is 5.10 Å². The SMILES string of the molecule is CC(Oc1ccc(F)cc1Cl)C(=O)Nc1ccnn1C1CCCC1. The van der Waals surface area contributed by atoms with Crippen LogP contribution in [0.5, 0.6) is 5.75 Å². The minimum atomic E-state index is -0.778. The summed E-state index contributed by atoms with van der Waals surface area (Å²) in [4.78, 5) is 12.4. The van der Waals surface area contributed by atoms with Crippen LogP contribution in [0.3, 0.4) is 0 Å². The molecule has 1 atom stereocenters. The summed E-state index contributed by atoms with van der Waals surface area (Å²) in [5.41, 5.74) is 0. The fourth-order valence-corrected chi connectivity index (χ4v) is 3.11. The summed E-state index contributed by atoms with van der Waals surface area (Å²) in [7, 11) is 0. The van der Waals surface area contributed by atoms with Gasteiger partial charge in [-0.1, -0.05) is 24.4 Å². The third kappa shape index (κ3) is 3.70. The molecule has 1 N–H and O–H groups in total. The fraction of sp³-hybridized carbons (Fsp3) is 0.412. The van der Waals surface area contributed by atoms with Gasteiger partial charge >= 0.3 is 0 Å². The van der Waals surface area contributed by atoms with Gasteiger partial charge < -0.3 is 10.1 Å². The van der Waals surface area contributed by atoms with Crippen LogP contribution in [0.1, 0.15) is 38.6 Å². The molecule has 1 fully saturated rings. The summed E-state index contributed by atoms with van der Waals surface area (Å²) in [5.74, 6) is 0.164. The van der Waals surface area contributed by atoms with E-state index in [1.807, 2.05) is 4.68 Å². The Morgan fingerprint density at radius 1 is 1.42 bits per heavy atom. The fourth-order valence-electron chi connectivity index (χ4n) is 2.90. The molecule has 7 heteroatoms. The van der Waals surface area contributed by atoms with Gasteiger partial charge in [-0.15, -0.1) is 0 Å². The van der Waals surface area contributed by atoms with Crippen LogP contribution in [-0.4, -0.2) is 21.8 Å². The van der Waals surface area contributed by atoms with Gasteiger partial charge in [0.15, 0.2) is 6.10 Å². The van der Waals surface area contributed by atoms with E-state index in [0.717, 1.165) is 18.9 Å². The van der Waals surface area contributed by atoms with Crippen LogP contribution in [0.4, 0.5) is 10.2 Å². The number of aromatic nitrogens is 2. The average Bonchev–Trinajstić information content (AvgIpc) is 3.20. The number of carbonyl (C=O) groups excluding carboxylic acids is 1. The van der Waals surface area contributed by atoms with E-state index in [1.165, 1.54) is 25.0 Å². The molecule has 5 nitrogen and oxygen atoms in total. The quantitative estimate of drug-likeness (QED) is 0.878. The summed E-state index contributed by atoms with van der Waals surface area (Å²) in [6, 6.07) is 5.90. The molecule has 1 aromatic carbocycles. The summed E-state index contributed by atoms with van der Waals surface area (Å²) in [5, 5.41) is 7.28. The standard InChI is InChI=1S/C17H19ClFN3O2/c1-11(24-15-7-6-12(19)10-14(15)18)17(23)21-16-8-9-20-22(16)13-4-2-3-5-13/h6-11,13H,2-5H2,1H3,(H,21,23). The van der Waals surface area contributed by atoms with Crippen LogP contribution in [0, 0.1) is 5.82 Å². The molecule has 0 spiro atoms. The number of halogens is 2. The van der Waals surface area contributed by atoms with E-state index < -0.39 is 11.9 Å². The van der Waals surface area contributed by atoms with Crippen LogP contribution in [-0.2, 0) is 4.79 Å². The zero-order valence-electron chi connectivity index (χ0n) is 13.3. The number of hydrogen-bond acceptors (Lipinski definition) is 3. The molecule has 1 saturated carbocycles. The van der Waals surface area contributed by atoms with E-state index in [9.17, 15) is 9.18 Å². The van der Waals surface area contributed by atoms with Gasteiger partial charge in [-0.25, -0.2) is 9.07 Å². The first-order valence-corrected chi connectivity index (χ1v) is 8.38. The maximum absolute atomic E-state index is 13.1. The highest BCUT2D eigenvalue weighted by Gasteiger charge is 2.22. The number of benzene rings is 1. The van der Waals surface area contributed by atoms with Crippen molar-refractivity contribution in [1.29, 1.82) is 0 Å². The lowest BCUT2D eigenvalue weighted by atomic mass is 10.2. The molecular weight excluding hydrogens is 333 g/mol. The highest BCUT2D eigenvalue weighted by Crippen LogP contribution is 2.31. The van der Waals surface area contributed by atoms with Crippen molar-refractivity contribution in [2.75, 3.05) is 5.32 Å². The molecule has 1 unspecified atom stereocenters. The topological polar surface area (TPSA) is 56.1 Å². The number of ether oxygens (including phenoxy) is 1. The van der Waals surface area contributed by atoms with Crippen molar-refractivity contribution < 1.29 is 13.9 Å². The molecular formula is C17H19ClFN3O2. The van der Waals surface area contributed by atoms with Crippen LogP contribution in [0.15, 0.2) is 30.5 Å². The van der Waals surface area contributed by atoms with Gasteiger partial charge in [-0.05, 0) is 38.0 Å². The predicted molar refractivity (Wildman–Crippen MR) is 89.9 cm³/mol. The van der Waals surface area contributed by atoms with Crippen LogP contribution < -0.4 is 10.1 Å². The number of amides is 1. The second kappa shape index (κ2) is 7.21. The Bertz CT molecular complexity index is 728. The smallest absolute Gasteiger partial charge is 0.266 e. The van der Waals surface area contributed by atoms with Crippen LogP contribution in [0.25, 0.3) is 0 Å². The van der Waals surface area contributed by atoms with E-state index in [1.54, 1.807) is 19.2 Å². The van der Waals surface area contributed by atoms with Gasteiger partial charge in [-0.3, -0.25) is 4.79 Å². The Morgan fingerprint density at radius 3 is 2.88 bits per heavy atom. The van der Waals surface area contributed by atoms with Crippen LogP contribution >= 0.6 is 11.6 Å². The second-order valence-electron chi connectivity index (χ2n) is 5.92. The third-order valence-electron chi connectivity index (χ3n) is 4.16. The second-order valence-corrected chi connectivity index (χ2v) is 6.33.